The van der Waals surface area contributed by atoms with Gasteiger partial charge < -0.3 is 14.5 Å². The largest absolute Gasteiger partial charge is 0.453 e. The minimum atomic E-state index is -4.01. The van der Waals surface area contributed by atoms with Gasteiger partial charge in [0.2, 0.25) is 15.8 Å². The highest BCUT2D eigenvalue weighted by Crippen LogP contribution is 2.33. The summed E-state index contributed by atoms with van der Waals surface area (Å²) >= 11 is 13.4. The SMILES string of the molecule is CSCc1ccc(C(=O)OCC(=O)Nc2c(Cl)cc(S(N)(=O)=O)cc2Cl)o1. The second-order valence-corrected chi connectivity index (χ2v) is 8.37. The number of nitrogens with one attached hydrogen (secondary N) is 1. The van der Waals surface area contributed by atoms with E-state index in [4.69, 9.17) is 37.5 Å². The Labute approximate surface area is 169 Å². The van der Waals surface area contributed by atoms with Crippen molar-refractivity contribution < 1.29 is 27.2 Å². The third-order valence-electron chi connectivity index (χ3n) is 3.09. The first-order chi connectivity index (χ1) is 12.6. The Balaban J connectivity index is 2.00. The molecule has 1 aromatic heterocycles. The van der Waals surface area contributed by atoms with Crippen molar-refractivity contribution in [3.05, 3.63) is 45.8 Å². The summed E-state index contributed by atoms with van der Waals surface area (Å²) in [4.78, 5) is 23.5. The molecular weight excluding hydrogens is 439 g/mol. The number of nitrogens with two attached hydrogens (primary N) is 1. The van der Waals surface area contributed by atoms with Gasteiger partial charge in [0.25, 0.3) is 5.91 Å². The molecule has 0 saturated heterocycles. The van der Waals surface area contributed by atoms with Crippen molar-refractivity contribution in [1.29, 1.82) is 0 Å². The third-order valence-corrected chi connectivity index (χ3v) is 5.15. The normalized spacial score (nSPS) is 11.3. The molecule has 0 unspecified atom stereocenters. The summed E-state index contributed by atoms with van der Waals surface area (Å²) in [5, 5.41) is 7.06. The number of carbonyl (C=O) groups excluding carboxylic acids is 2. The standard InChI is InChI=1S/C15H14Cl2N2O6S2/c1-26-7-8-2-3-12(25-8)15(21)24-6-13(20)19-14-10(16)4-9(5-11(14)17)27(18,22)23/h2-5H,6-7H2,1H3,(H,19,20)(H2,18,22,23). The number of amides is 1. The van der Waals surface area contributed by atoms with Gasteiger partial charge in [0.15, 0.2) is 6.61 Å². The maximum absolute atomic E-state index is 12.0. The second-order valence-electron chi connectivity index (χ2n) is 5.13. The molecule has 27 heavy (non-hydrogen) atoms. The van der Waals surface area contributed by atoms with Crippen molar-refractivity contribution in [1.82, 2.24) is 0 Å². The van der Waals surface area contributed by atoms with Crippen LogP contribution in [0.15, 0.2) is 33.6 Å². The van der Waals surface area contributed by atoms with Gasteiger partial charge in [-0.15, -0.1) is 0 Å². The van der Waals surface area contributed by atoms with Crippen LogP contribution in [-0.4, -0.2) is 33.2 Å². The summed E-state index contributed by atoms with van der Waals surface area (Å²) in [5.41, 5.74) is -0.0352. The number of thioether (sulfide) groups is 1. The predicted molar refractivity (Wildman–Crippen MR) is 103 cm³/mol. The van der Waals surface area contributed by atoms with Gasteiger partial charge in [-0.3, -0.25) is 4.79 Å². The molecule has 0 aliphatic carbocycles. The van der Waals surface area contributed by atoms with Gasteiger partial charge in [0.05, 0.1) is 26.4 Å². The number of sulfonamides is 1. The Morgan fingerprint density at radius 1 is 1.26 bits per heavy atom. The number of esters is 1. The van der Waals surface area contributed by atoms with E-state index in [9.17, 15) is 18.0 Å². The van der Waals surface area contributed by atoms with E-state index in [0.29, 0.717) is 11.5 Å². The van der Waals surface area contributed by atoms with Crippen LogP contribution in [-0.2, 0) is 25.3 Å². The number of hydrogen-bond donors (Lipinski definition) is 2. The summed E-state index contributed by atoms with van der Waals surface area (Å²) < 4.78 is 32.8. The van der Waals surface area contributed by atoms with Crippen LogP contribution in [0.25, 0.3) is 0 Å². The van der Waals surface area contributed by atoms with Crippen molar-refractivity contribution in [2.75, 3.05) is 18.2 Å². The Morgan fingerprint density at radius 2 is 1.89 bits per heavy atom. The van der Waals surface area contributed by atoms with Crippen LogP contribution in [0.5, 0.6) is 0 Å². The van der Waals surface area contributed by atoms with E-state index in [1.165, 1.54) is 17.8 Å². The monoisotopic (exact) mass is 452 g/mol. The smallest absolute Gasteiger partial charge is 0.374 e. The van der Waals surface area contributed by atoms with Gasteiger partial charge >= 0.3 is 5.97 Å². The minimum Gasteiger partial charge on any atom is -0.453 e. The molecule has 0 radical (unpaired) electrons. The summed E-state index contributed by atoms with van der Waals surface area (Å²) in [6.07, 6.45) is 1.89. The summed E-state index contributed by atoms with van der Waals surface area (Å²) in [5.74, 6) is -0.363. The lowest BCUT2D eigenvalue weighted by atomic mass is 10.3. The molecule has 0 aliphatic heterocycles. The van der Waals surface area contributed by atoms with Crippen molar-refractivity contribution in [2.45, 2.75) is 10.6 Å². The number of carbonyl (C=O) groups is 2. The fraction of sp³-hybridized carbons (Fsp3) is 0.200. The number of ether oxygens (including phenoxy) is 1. The first-order valence-corrected chi connectivity index (χ1v) is 10.9. The van der Waals surface area contributed by atoms with Gasteiger partial charge in [0, 0.05) is 0 Å². The van der Waals surface area contributed by atoms with Gasteiger partial charge in [-0.25, -0.2) is 18.4 Å². The van der Waals surface area contributed by atoms with Crippen LogP contribution < -0.4 is 10.5 Å². The van der Waals surface area contributed by atoms with E-state index in [-0.39, 0.29) is 26.4 Å². The number of anilines is 1. The van der Waals surface area contributed by atoms with Crippen LogP contribution in [0.1, 0.15) is 16.3 Å². The molecule has 0 saturated carbocycles. The van der Waals surface area contributed by atoms with Crippen LogP contribution in [0.4, 0.5) is 5.69 Å². The molecule has 0 atom stereocenters. The van der Waals surface area contributed by atoms with Crippen molar-refractivity contribution in [3.63, 3.8) is 0 Å². The average molecular weight is 453 g/mol. The number of furan rings is 1. The van der Waals surface area contributed by atoms with E-state index < -0.39 is 28.5 Å². The Hall–Kier alpha value is -1.72. The topological polar surface area (TPSA) is 129 Å². The van der Waals surface area contributed by atoms with Crippen LogP contribution in [0, 0.1) is 0 Å². The van der Waals surface area contributed by atoms with E-state index in [1.54, 1.807) is 6.07 Å². The Kier molecular flexibility index (Phi) is 7.18. The summed E-state index contributed by atoms with van der Waals surface area (Å²) in [6.45, 7) is -0.624. The fourth-order valence-electron chi connectivity index (χ4n) is 1.92. The predicted octanol–water partition coefficient (Wildman–Crippen LogP) is 2.89. The van der Waals surface area contributed by atoms with E-state index in [2.05, 4.69) is 5.32 Å². The quantitative estimate of drug-likeness (QED) is 0.617. The molecule has 8 nitrogen and oxygen atoms in total. The zero-order chi connectivity index (χ0) is 20.2. The molecule has 2 aromatic rings. The van der Waals surface area contributed by atoms with E-state index in [1.807, 2.05) is 6.26 Å². The highest BCUT2D eigenvalue weighted by molar-refractivity contribution is 7.97. The van der Waals surface area contributed by atoms with Crippen LogP contribution in [0.2, 0.25) is 10.0 Å². The van der Waals surface area contributed by atoms with Crippen molar-refractivity contribution in [3.8, 4) is 0 Å². The van der Waals surface area contributed by atoms with Gasteiger partial charge in [0.1, 0.15) is 5.76 Å². The fourth-order valence-corrected chi connectivity index (χ4v) is 3.63. The molecule has 0 aliphatic rings. The van der Waals surface area contributed by atoms with Gasteiger partial charge in [-0.1, -0.05) is 23.2 Å². The maximum atomic E-state index is 12.0. The Bertz CT molecular complexity index is 951. The number of hydrogen-bond acceptors (Lipinski definition) is 7. The third kappa shape index (κ3) is 5.88. The van der Waals surface area contributed by atoms with Gasteiger partial charge in [-0.05, 0) is 30.5 Å². The molecule has 1 amide bonds. The first kappa shape index (κ1) is 21.6. The second kappa shape index (κ2) is 8.98. The molecule has 12 heteroatoms. The lowest BCUT2D eigenvalue weighted by Gasteiger charge is -2.11. The molecule has 0 fully saturated rings. The molecule has 1 heterocycles. The number of benzene rings is 1. The summed E-state index contributed by atoms with van der Waals surface area (Å²) in [7, 11) is -4.01. The highest BCUT2D eigenvalue weighted by atomic mass is 35.5. The number of rotatable bonds is 7. The van der Waals surface area contributed by atoms with Crippen molar-refractivity contribution >= 4 is 62.6 Å². The van der Waals surface area contributed by atoms with Gasteiger partial charge in [-0.2, -0.15) is 11.8 Å². The van der Waals surface area contributed by atoms with Crippen LogP contribution >= 0.6 is 35.0 Å². The number of halogens is 2. The molecule has 0 bridgehead atoms. The summed E-state index contributed by atoms with van der Waals surface area (Å²) in [6, 6.07) is 5.17. The zero-order valence-electron chi connectivity index (χ0n) is 13.8. The number of primary sulfonamides is 1. The lowest BCUT2D eigenvalue weighted by molar-refractivity contribution is -0.119. The molecular formula is C15H14Cl2N2O6S2. The van der Waals surface area contributed by atoms with E-state index >= 15 is 0 Å². The molecule has 3 N–H and O–H groups in total. The molecule has 1 aromatic carbocycles. The van der Waals surface area contributed by atoms with Crippen LogP contribution in [0.3, 0.4) is 0 Å². The van der Waals surface area contributed by atoms with E-state index in [0.717, 1.165) is 12.1 Å². The van der Waals surface area contributed by atoms with Crippen molar-refractivity contribution in [2.24, 2.45) is 5.14 Å². The minimum absolute atomic E-state index is 0.0274. The molecule has 0 spiro atoms. The molecule has 2 rings (SSSR count). The highest BCUT2D eigenvalue weighted by Gasteiger charge is 2.18. The molecule has 146 valence electrons. The maximum Gasteiger partial charge on any atom is 0.374 e. The average Bonchev–Trinajstić information content (AvgIpc) is 3.04. The Morgan fingerprint density at radius 3 is 2.44 bits per heavy atom. The zero-order valence-corrected chi connectivity index (χ0v) is 17.0. The first-order valence-electron chi connectivity index (χ1n) is 7.18. The lowest BCUT2D eigenvalue weighted by Crippen LogP contribution is -2.21.